The van der Waals surface area contributed by atoms with E-state index in [9.17, 15) is 0 Å². The van der Waals surface area contributed by atoms with E-state index in [1.54, 1.807) is 0 Å². The molecule has 5 heteroatoms. The van der Waals surface area contributed by atoms with E-state index in [4.69, 9.17) is 5.73 Å². The molecule has 0 bridgehead atoms. The Balaban J connectivity index is 1.99. The van der Waals surface area contributed by atoms with Crippen LogP contribution in [-0.4, -0.2) is 22.6 Å². The monoisotopic (exact) mass is 263 g/mol. The normalized spacial score (nSPS) is 19.1. The fourth-order valence-corrected chi connectivity index (χ4v) is 2.56. The van der Waals surface area contributed by atoms with Gasteiger partial charge in [-0.25, -0.2) is 0 Å². The van der Waals surface area contributed by atoms with Crippen LogP contribution in [-0.2, 0) is 0 Å². The third-order valence-corrected chi connectivity index (χ3v) is 3.79. The summed E-state index contributed by atoms with van der Waals surface area (Å²) in [4.78, 5) is 8.42. The summed E-state index contributed by atoms with van der Waals surface area (Å²) in [6.45, 7) is 7.55. The minimum atomic E-state index is 0.317. The van der Waals surface area contributed by atoms with E-state index < -0.39 is 0 Å². The Morgan fingerprint density at radius 1 is 1.26 bits per heavy atom. The van der Waals surface area contributed by atoms with Crippen molar-refractivity contribution in [2.75, 3.05) is 22.9 Å². The van der Waals surface area contributed by atoms with Crippen LogP contribution < -0.4 is 16.4 Å². The smallest absolute Gasteiger partial charge is 0.223 e. The molecule has 0 amide bonds. The molecule has 1 heterocycles. The Hall–Kier alpha value is -1.52. The fraction of sp³-hybridized carbons (Fsp3) is 0.714. The molecule has 1 saturated carbocycles. The van der Waals surface area contributed by atoms with Crippen LogP contribution in [0.5, 0.6) is 0 Å². The predicted octanol–water partition coefficient (Wildman–Crippen LogP) is 2.87. The zero-order valence-corrected chi connectivity index (χ0v) is 12.2. The molecule has 19 heavy (non-hydrogen) atoms. The van der Waals surface area contributed by atoms with Gasteiger partial charge < -0.3 is 16.4 Å². The fourth-order valence-electron chi connectivity index (χ4n) is 2.56. The number of nitrogens with two attached hydrogens (primary N) is 1. The molecule has 5 nitrogen and oxygen atoms in total. The number of rotatable bonds is 4. The lowest BCUT2D eigenvalue weighted by atomic mass is 9.75. The van der Waals surface area contributed by atoms with Crippen molar-refractivity contribution in [2.45, 2.75) is 52.5 Å². The zero-order chi connectivity index (χ0) is 13.9. The summed E-state index contributed by atoms with van der Waals surface area (Å²) in [6.07, 6.45) is 4.89. The average molecular weight is 263 g/mol. The molecular formula is C14H25N5. The molecule has 0 aliphatic heterocycles. The van der Waals surface area contributed by atoms with E-state index in [1.807, 2.05) is 13.0 Å². The van der Waals surface area contributed by atoms with Gasteiger partial charge in [0.25, 0.3) is 0 Å². The van der Waals surface area contributed by atoms with Gasteiger partial charge in [0.15, 0.2) is 0 Å². The number of nitrogens with zero attached hydrogens (tertiary/aromatic N) is 2. The predicted molar refractivity (Wildman–Crippen MR) is 80.3 cm³/mol. The molecule has 1 fully saturated rings. The Kier molecular flexibility index (Phi) is 4.12. The standard InChI is InChI=1S/C14H25N5/c1-4-16-11-9-12(19-13(15)18-11)17-10-5-7-14(2,3)8-6-10/h9-10H,4-8H2,1-3H3,(H4,15,16,17,18,19). The van der Waals surface area contributed by atoms with E-state index in [0.29, 0.717) is 17.4 Å². The molecule has 1 aliphatic rings. The lowest BCUT2D eigenvalue weighted by Gasteiger charge is -2.34. The Morgan fingerprint density at radius 3 is 2.53 bits per heavy atom. The topological polar surface area (TPSA) is 75.9 Å². The van der Waals surface area contributed by atoms with Gasteiger partial charge in [-0.2, -0.15) is 9.97 Å². The molecule has 0 atom stereocenters. The second-order valence-electron chi connectivity index (χ2n) is 6.11. The van der Waals surface area contributed by atoms with E-state index in [0.717, 1.165) is 18.2 Å². The van der Waals surface area contributed by atoms with Crippen molar-refractivity contribution in [1.82, 2.24) is 9.97 Å². The lowest BCUT2D eigenvalue weighted by Crippen LogP contribution is -2.30. The van der Waals surface area contributed by atoms with Crippen LogP contribution in [0.25, 0.3) is 0 Å². The second-order valence-corrected chi connectivity index (χ2v) is 6.11. The summed E-state index contributed by atoms with van der Waals surface area (Å²) in [6, 6.07) is 2.43. The van der Waals surface area contributed by atoms with Crippen LogP contribution in [0.15, 0.2) is 6.07 Å². The maximum atomic E-state index is 5.74. The number of nitrogens with one attached hydrogen (secondary N) is 2. The van der Waals surface area contributed by atoms with Crippen molar-refractivity contribution >= 4 is 17.6 Å². The Morgan fingerprint density at radius 2 is 1.89 bits per heavy atom. The van der Waals surface area contributed by atoms with Gasteiger partial charge in [-0.15, -0.1) is 0 Å². The molecule has 1 aliphatic carbocycles. The summed E-state index contributed by atoms with van der Waals surface area (Å²) in [5.74, 6) is 1.93. The third-order valence-electron chi connectivity index (χ3n) is 3.79. The van der Waals surface area contributed by atoms with Gasteiger partial charge >= 0.3 is 0 Å². The van der Waals surface area contributed by atoms with Gasteiger partial charge in [0.05, 0.1) is 0 Å². The molecule has 0 radical (unpaired) electrons. The van der Waals surface area contributed by atoms with Gasteiger partial charge in [0.2, 0.25) is 5.95 Å². The van der Waals surface area contributed by atoms with Crippen molar-refractivity contribution in [3.63, 3.8) is 0 Å². The molecule has 0 aromatic carbocycles. The summed E-state index contributed by atoms with van der Waals surface area (Å²) in [5.41, 5.74) is 6.22. The van der Waals surface area contributed by atoms with Gasteiger partial charge in [-0.1, -0.05) is 13.8 Å². The van der Waals surface area contributed by atoms with Gasteiger partial charge in [-0.05, 0) is 38.0 Å². The average Bonchev–Trinajstić information content (AvgIpc) is 2.32. The Labute approximate surface area is 115 Å². The number of nitrogen functional groups attached to an aromatic ring is 1. The summed E-state index contributed by atoms with van der Waals surface area (Å²) < 4.78 is 0. The molecule has 0 saturated heterocycles. The minimum Gasteiger partial charge on any atom is -0.370 e. The SMILES string of the molecule is CCNc1cc(NC2CCC(C)(C)CC2)nc(N)n1. The van der Waals surface area contributed by atoms with E-state index >= 15 is 0 Å². The Bertz CT molecular complexity index is 420. The van der Waals surface area contributed by atoms with Crippen LogP contribution in [0.3, 0.4) is 0 Å². The molecule has 106 valence electrons. The highest BCUT2D eigenvalue weighted by atomic mass is 15.1. The first-order valence-corrected chi connectivity index (χ1v) is 7.13. The van der Waals surface area contributed by atoms with Crippen LogP contribution >= 0.6 is 0 Å². The number of hydrogen-bond donors (Lipinski definition) is 3. The molecule has 0 unspecified atom stereocenters. The maximum absolute atomic E-state index is 5.74. The molecule has 4 N–H and O–H groups in total. The summed E-state index contributed by atoms with van der Waals surface area (Å²) >= 11 is 0. The van der Waals surface area contributed by atoms with Crippen molar-refractivity contribution in [3.8, 4) is 0 Å². The van der Waals surface area contributed by atoms with Gasteiger partial charge in [0, 0.05) is 18.7 Å². The van der Waals surface area contributed by atoms with E-state index in [1.165, 1.54) is 25.7 Å². The van der Waals surface area contributed by atoms with Crippen molar-refractivity contribution in [1.29, 1.82) is 0 Å². The summed E-state index contributed by atoms with van der Waals surface area (Å²) in [5, 5.41) is 6.66. The van der Waals surface area contributed by atoms with Crippen molar-refractivity contribution in [2.24, 2.45) is 5.41 Å². The van der Waals surface area contributed by atoms with Gasteiger partial charge in [0.1, 0.15) is 11.6 Å². The molecule has 0 spiro atoms. The van der Waals surface area contributed by atoms with E-state index in [2.05, 4.69) is 34.4 Å². The highest BCUT2D eigenvalue weighted by Gasteiger charge is 2.26. The largest absolute Gasteiger partial charge is 0.370 e. The summed E-state index contributed by atoms with van der Waals surface area (Å²) in [7, 11) is 0. The highest BCUT2D eigenvalue weighted by Crippen LogP contribution is 2.36. The van der Waals surface area contributed by atoms with Crippen LogP contribution in [0.4, 0.5) is 17.6 Å². The van der Waals surface area contributed by atoms with Crippen molar-refractivity contribution < 1.29 is 0 Å². The first-order chi connectivity index (χ1) is 8.98. The quantitative estimate of drug-likeness (QED) is 0.778. The zero-order valence-electron chi connectivity index (χ0n) is 12.2. The first-order valence-electron chi connectivity index (χ1n) is 7.13. The second kappa shape index (κ2) is 5.63. The maximum Gasteiger partial charge on any atom is 0.223 e. The number of hydrogen-bond acceptors (Lipinski definition) is 5. The number of aromatic nitrogens is 2. The van der Waals surface area contributed by atoms with E-state index in [-0.39, 0.29) is 0 Å². The van der Waals surface area contributed by atoms with Crippen molar-refractivity contribution in [3.05, 3.63) is 6.07 Å². The van der Waals surface area contributed by atoms with Gasteiger partial charge in [-0.3, -0.25) is 0 Å². The number of anilines is 3. The molecule has 1 aromatic heterocycles. The molecular weight excluding hydrogens is 238 g/mol. The van der Waals surface area contributed by atoms with Crippen LogP contribution in [0.2, 0.25) is 0 Å². The van der Waals surface area contributed by atoms with Crippen LogP contribution in [0, 0.1) is 5.41 Å². The first kappa shape index (κ1) is 13.9. The minimum absolute atomic E-state index is 0.317. The molecule has 1 aromatic rings. The lowest BCUT2D eigenvalue weighted by molar-refractivity contribution is 0.232. The third kappa shape index (κ3) is 3.98. The van der Waals surface area contributed by atoms with Crippen LogP contribution in [0.1, 0.15) is 46.5 Å². The molecule has 2 rings (SSSR count). The highest BCUT2D eigenvalue weighted by molar-refractivity contribution is 5.51.